The molecule has 0 aromatic heterocycles. The monoisotopic (exact) mass is 599 g/mol. The van der Waals surface area contributed by atoms with Gasteiger partial charge in [-0.25, -0.2) is 17.2 Å². The molecule has 0 saturated heterocycles. The second-order valence-corrected chi connectivity index (χ2v) is 12.7. The number of nitrogens with zero attached hydrogens (tertiary/aromatic N) is 1. The Morgan fingerprint density at radius 1 is 1.00 bits per heavy atom. The van der Waals surface area contributed by atoms with Crippen LogP contribution in [0.5, 0.6) is 5.75 Å². The number of alkyl halides is 3. The molecule has 1 unspecified atom stereocenters. The average Bonchev–Trinajstić information content (AvgIpc) is 2.86. The van der Waals surface area contributed by atoms with Gasteiger partial charge in [0, 0.05) is 36.9 Å². The predicted molar refractivity (Wildman–Crippen MR) is 146 cm³/mol. The van der Waals surface area contributed by atoms with Crippen LogP contribution in [0.1, 0.15) is 55.5 Å². The van der Waals surface area contributed by atoms with E-state index in [4.69, 9.17) is 4.74 Å². The van der Waals surface area contributed by atoms with Crippen LogP contribution in [0.25, 0.3) is 0 Å². The highest BCUT2D eigenvalue weighted by molar-refractivity contribution is 7.90. The van der Waals surface area contributed by atoms with E-state index in [0.717, 1.165) is 11.8 Å². The molecule has 0 amide bonds. The summed E-state index contributed by atoms with van der Waals surface area (Å²) in [5.74, 6) is -1.45. The number of hydrogen-bond acceptors (Lipinski definition) is 5. The molecule has 1 N–H and O–H groups in total. The molecular formula is C30H34F5NO4S. The molecule has 3 aromatic rings. The highest BCUT2D eigenvalue weighted by Crippen LogP contribution is 2.33. The Labute approximate surface area is 237 Å². The molecule has 0 heterocycles. The molecule has 11 heteroatoms. The van der Waals surface area contributed by atoms with Crippen LogP contribution in [0.3, 0.4) is 0 Å². The summed E-state index contributed by atoms with van der Waals surface area (Å²) in [5, 5.41) is 9.91. The first-order valence-electron chi connectivity index (χ1n) is 13.0. The van der Waals surface area contributed by atoms with E-state index in [1.165, 1.54) is 43.3 Å². The average molecular weight is 600 g/mol. The molecule has 3 rings (SSSR count). The summed E-state index contributed by atoms with van der Waals surface area (Å²) in [6.07, 6.45) is -4.42. The summed E-state index contributed by atoms with van der Waals surface area (Å²) in [4.78, 5) is 1.76. The minimum Gasteiger partial charge on any atom is -0.494 e. The summed E-state index contributed by atoms with van der Waals surface area (Å²) >= 11 is 0. The van der Waals surface area contributed by atoms with Crippen LogP contribution < -0.4 is 4.74 Å². The number of benzene rings is 3. The second kappa shape index (κ2) is 12.9. The molecular weight excluding hydrogens is 565 g/mol. The van der Waals surface area contributed by atoms with E-state index in [9.17, 15) is 35.5 Å². The van der Waals surface area contributed by atoms with Crippen LogP contribution >= 0.6 is 0 Å². The topological polar surface area (TPSA) is 66.8 Å². The van der Waals surface area contributed by atoms with E-state index < -0.39 is 44.7 Å². The lowest BCUT2D eigenvalue weighted by molar-refractivity contribution is -0.140. The van der Waals surface area contributed by atoms with Crippen LogP contribution in [0.15, 0.2) is 65.6 Å². The zero-order chi connectivity index (χ0) is 30.6. The van der Waals surface area contributed by atoms with Gasteiger partial charge in [-0.3, -0.25) is 4.90 Å². The molecule has 0 saturated carbocycles. The molecule has 0 fully saturated rings. The second-order valence-electron chi connectivity index (χ2n) is 10.7. The maximum absolute atomic E-state index is 14.9. The number of halogens is 5. The summed E-state index contributed by atoms with van der Waals surface area (Å²) < 4.78 is 98.5. The Balaban J connectivity index is 1.79. The van der Waals surface area contributed by atoms with Crippen molar-refractivity contribution in [1.82, 2.24) is 4.90 Å². The van der Waals surface area contributed by atoms with Gasteiger partial charge in [-0.15, -0.1) is 0 Å². The molecule has 5 nitrogen and oxygen atoms in total. The molecule has 41 heavy (non-hydrogen) atoms. The minimum absolute atomic E-state index is 0.0484. The third-order valence-corrected chi connectivity index (χ3v) is 7.90. The van der Waals surface area contributed by atoms with E-state index >= 15 is 0 Å². The third kappa shape index (κ3) is 8.73. The van der Waals surface area contributed by atoms with E-state index in [1.807, 2.05) is 18.7 Å². The van der Waals surface area contributed by atoms with Crippen molar-refractivity contribution in [2.45, 2.75) is 56.3 Å². The zero-order valence-corrected chi connectivity index (χ0v) is 24.1. The van der Waals surface area contributed by atoms with Crippen LogP contribution in [0.4, 0.5) is 22.0 Å². The van der Waals surface area contributed by atoms with Crippen molar-refractivity contribution in [2.24, 2.45) is 0 Å². The maximum atomic E-state index is 14.9. The minimum atomic E-state index is -4.83. The van der Waals surface area contributed by atoms with Crippen molar-refractivity contribution in [3.8, 4) is 5.75 Å². The lowest BCUT2D eigenvalue weighted by atomic mass is 9.84. The Morgan fingerprint density at radius 2 is 1.66 bits per heavy atom. The van der Waals surface area contributed by atoms with Gasteiger partial charge in [0.15, 0.2) is 9.84 Å². The Kier molecular flexibility index (Phi) is 10.2. The molecule has 0 spiro atoms. The summed E-state index contributed by atoms with van der Waals surface area (Å²) in [5.41, 5.74) is -0.956. The van der Waals surface area contributed by atoms with E-state index in [2.05, 4.69) is 0 Å². The smallest absolute Gasteiger partial charge is 0.419 e. The van der Waals surface area contributed by atoms with Gasteiger partial charge in [0.05, 0.1) is 23.2 Å². The highest BCUT2D eigenvalue weighted by Gasteiger charge is 2.35. The van der Waals surface area contributed by atoms with Gasteiger partial charge in [-0.1, -0.05) is 44.2 Å². The van der Waals surface area contributed by atoms with E-state index in [0.29, 0.717) is 25.6 Å². The maximum Gasteiger partial charge on any atom is 0.419 e. The normalized spacial score (nSPS) is 13.4. The fraction of sp³-hybridized carbons (Fsp3) is 0.400. The fourth-order valence-corrected chi connectivity index (χ4v) is 5.67. The summed E-state index contributed by atoms with van der Waals surface area (Å²) in [6.45, 7) is 5.92. The van der Waals surface area contributed by atoms with Gasteiger partial charge in [-0.2, -0.15) is 13.2 Å². The van der Waals surface area contributed by atoms with Gasteiger partial charge in [-0.05, 0) is 54.8 Å². The van der Waals surface area contributed by atoms with Crippen molar-refractivity contribution in [2.75, 3.05) is 26.0 Å². The molecule has 1 atom stereocenters. The number of ether oxygens (including phenoxy) is 1. The van der Waals surface area contributed by atoms with Gasteiger partial charge in [0.2, 0.25) is 0 Å². The first-order chi connectivity index (χ1) is 19.0. The van der Waals surface area contributed by atoms with Crippen molar-refractivity contribution in [1.29, 1.82) is 0 Å². The molecule has 0 bridgehead atoms. The first kappa shape index (κ1) is 32.5. The molecule has 3 aromatic carbocycles. The van der Waals surface area contributed by atoms with Crippen molar-refractivity contribution in [3.63, 3.8) is 0 Å². The van der Waals surface area contributed by atoms with Gasteiger partial charge >= 0.3 is 6.18 Å². The van der Waals surface area contributed by atoms with Gasteiger partial charge in [0.25, 0.3) is 0 Å². The molecule has 0 aliphatic carbocycles. The van der Waals surface area contributed by atoms with Crippen LogP contribution in [-0.4, -0.2) is 44.4 Å². The Hall–Kier alpha value is -3.02. The van der Waals surface area contributed by atoms with E-state index in [1.54, 1.807) is 18.2 Å². The number of aliphatic hydroxyl groups is 1. The number of sulfone groups is 1. The fourth-order valence-electron chi connectivity index (χ4n) is 4.68. The number of hydrogen-bond donors (Lipinski definition) is 1. The van der Waals surface area contributed by atoms with Crippen molar-refractivity contribution in [3.05, 3.63) is 94.6 Å². The highest BCUT2D eigenvalue weighted by atomic mass is 32.2. The summed E-state index contributed by atoms with van der Waals surface area (Å²) in [6, 6.07) is 13.5. The van der Waals surface area contributed by atoms with Crippen LogP contribution in [0.2, 0.25) is 0 Å². The van der Waals surface area contributed by atoms with E-state index in [-0.39, 0.29) is 34.9 Å². The zero-order valence-electron chi connectivity index (χ0n) is 23.3. The molecule has 0 aliphatic heterocycles. The number of aliphatic hydroxyl groups excluding tert-OH is 1. The molecule has 0 radical (unpaired) electrons. The van der Waals surface area contributed by atoms with Crippen molar-refractivity contribution >= 4 is 9.84 Å². The predicted octanol–water partition coefficient (Wildman–Crippen LogP) is 6.69. The van der Waals surface area contributed by atoms with Crippen molar-refractivity contribution < 1.29 is 40.2 Å². The SMILES string of the molecule is CC(O)c1ccc(OCCCN(Cc2cccc(C(F)(F)F)c2F)CC(C)(C)c2ccc(F)cc2)cc1S(C)(=O)=O. The Bertz CT molecular complexity index is 1440. The number of rotatable bonds is 12. The lowest BCUT2D eigenvalue weighted by Gasteiger charge is -2.33. The quantitative estimate of drug-likeness (QED) is 0.186. The largest absolute Gasteiger partial charge is 0.494 e. The molecule has 0 aliphatic rings. The van der Waals surface area contributed by atoms with Gasteiger partial charge in [0.1, 0.15) is 17.4 Å². The van der Waals surface area contributed by atoms with Gasteiger partial charge < -0.3 is 9.84 Å². The third-order valence-electron chi connectivity index (χ3n) is 6.74. The first-order valence-corrected chi connectivity index (χ1v) is 14.9. The standard InChI is InChI=1S/C30H34F5NO4S/c1-20(37)25-14-13-24(17-27(25)41(4,38)39)40-16-6-15-36(19-29(2,3)22-9-11-23(31)12-10-22)18-21-7-5-8-26(28(21)32)30(33,34)35/h5,7-14,17,20,37H,6,15-16,18-19H2,1-4H3. The summed E-state index contributed by atoms with van der Waals surface area (Å²) in [7, 11) is -3.63. The Morgan fingerprint density at radius 3 is 2.24 bits per heavy atom. The lowest BCUT2D eigenvalue weighted by Crippen LogP contribution is -2.38. The van der Waals surface area contributed by atoms with Crippen LogP contribution in [0, 0.1) is 11.6 Å². The molecule has 224 valence electrons. The van der Waals surface area contributed by atoms with Crippen LogP contribution in [-0.2, 0) is 28.0 Å².